The van der Waals surface area contributed by atoms with Crippen LogP contribution >= 0.6 is 11.3 Å². The van der Waals surface area contributed by atoms with Crippen molar-refractivity contribution in [3.63, 3.8) is 0 Å². The largest absolute Gasteiger partial charge is 0.493 e. The number of anilines is 1. The number of thiazole rings is 1. The Balaban J connectivity index is 1.88. The van der Waals surface area contributed by atoms with E-state index in [0.717, 1.165) is 10.6 Å². The highest BCUT2D eigenvalue weighted by atomic mass is 32.1. The smallest absolute Gasteiger partial charge is 0.267 e. The molecule has 0 radical (unpaired) electrons. The summed E-state index contributed by atoms with van der Waals surface area (Å²) in [7, 11) is 3.17. The summed E-state index contributed by atoms with van der Waals surface area (Å²) in [6.07, 6.45) is 3.26. The monoisotopic (exact) mass is 355 g/mol. The Morgan fingerprint density at radius 3 is 2.64 bits per heavy atom. The summed E-state index contributed by atoms with van der Waals surface area (Å²) < 4.78 is 10.6. The van der Waals surface area contributed by atoms with Crippen LogP contribution in [-0.4, -0.2) is 30.1 Å². The Morgan fingerprint density at radius 1 is 1.16 bits per heavy atom. The molecule has 0 fully saturated rings. The topological polar surface area (TPSA) is 73.3 Å². The average molecular weight is 355 g/mol. The second kappa shape index (κ2) is 7.31. The molecule has 0 bridgehead atoms. The number of nitrogens with zero attached hydrogens (tertiary/aromatic N) is 2. The van der Waals surface area contributed by atoms with Gasteiger partial charge in [-0.2, -0.15) is 0 Å². The molecule has 0 saturated heterocycles. The van der Waals surface area contributed by atoms with Gasteiger partial charge in [0.25, 0.3) is 5.91 Å². The molecule has 128 valence electrons. The van der Waals surface area contributed by atoms with Gasteiger partial charge in [0.1, 0.15) is 9.88 Å². The van der Waals surface area contributed by atoms with Crippen LogP contribution in [-0.2, 0) is 0 Å². The number of pyridine rings is 1. The van der Waals surface area contributed by atoms with Crippen LogP contribution in [0.15, 0.2) is 42.7 Å². The van der Waals surface area contributed by atoms with Crippen molar-refractivity contribution in [1.82, 2.24) is 9.97 Å². The number of aryl methyl sites for hydroxylation is 1. The highest BCUT2D eigenvalue weighted by Gasteiger charge is 2.17. The average Bonchev–Trinajstić information content (AvgIpc) is 3.03. The van der Waals surface area contributed by atoms with Crippen LogP contribution in [0, 0.1) is 6.92 Å². The van der Waals surface area contributed by atoms with Crippen LogP contribution in [0.2, 0.25) is 0 Å². The molecule has 7 heteroatoms. The number of carbonyl (C=O) groups excluding carboxylic acids is 1. The molecule has 3 rings (SSSR count). The molecule has 25 heavy (non-hydrogen) atoms. The Bertz CT molecular complexity index is 894. The van der Waals surface area contributed by atoms with Gasteiger partial charge in [-0.25, -0.2) is 4.98 Å². The molecule has 1 N–H and O–H groups in total. The fourth-order valence-corrected chi connectivity index (χ4v) is 3.28. The van der Waals surface area contributed by atoms with Gasteiger partial charge in [0.15, 0.2) is 11.5 Å². The molecule has 0 aliphatic heterocycles. The van der Waals surface area contributed by atoms with Gasteiger partial charge in [0.2, 0.25) is 0 Å². The molecule has 0 unspecified atom stereocenters. The number of amides is 1. The van der Waals surface area contributed by atoms with Crippen molar-refractivity contribution < 1.29 is 14.3 Å². The first-order valence-electron chi connectivity index (χ1n) is 7.53. The summed E-state index contributed by atoms with van der Waals surface area (Å²) in [5.41, 5.74) is 2.19. The van der Waals surface area contributed by atoms with Crippen molar-refractivity contribution in [3.8, 4) is 22.1 Å². The van der Waals surface area contributed by atoms with Gasteiger partial charge in [-0.1, -0.05) is 0 Å². The zero-order valence-electron chi connectivity index (χ0n) is 14.1. The van der Waals surface area contributed by atoms with E-state index in [2.05, 4.69) is 15.3 Å². The lowest BCUT2D eigenvalue weighted by Gasteiger charge is -2.08. The number of benzene rings is 1. The summed E-state index contributed by atoms with van der Waals surface area (Å²) in [5, 5.41) is 3.57. The van der Waals surface area contributed by atoms with Crippen molar-refractivity contribution in [2.24, 2.45) is 0 Å². The van der Waals surface area contributed by atoms with E-state index in [1.54, 1.807) is 38.7 Å². The van der Waals surface area contributed by atoms with Crippen molar-refractivity contribution in [2.75, 3.05) is 19.5 Å². The lowest BCUT2D eigenvalue weighted by molar-refractivity contribution is 0.103. The van der Waals surface area contributed by atoms with E-state index in [4.69, 9.17) is 9.47 Å². The Labute approximate surface area is 149 Å². The third-order valence-corrected chi connectivity index (χ3v) is 4.76. The van der Waals surface area contributed by atoms with E-state index >= 15 is 0 Å². The molecule has 0 aliphatic rings. The number of hydrogen-bond acceptors (Lipinski definition) is 6. The summed E-state index contributed by atoms with van der Waals surface area (Å²) >= 11 is 1.33. The van der Waals surface area contributed by atoms with E-state index in [1.807, 2.05) is 25.1 Å². The number of rotatable bonds is 5. The first-order chi connectivity index (χ1) is 12.1. The minimum Gasteiger partial charge on any atom is -0.493 e. The van der Waals surface area contributed by atoms with E-state index in [9.17, 15) is 4.79 Å². The number of carbonyl (C=O) groups is 1. The summed E-state index contributed by atoms with van der Waals surface area (Å²) in [4.78, 5) is 21.6. The number of aromatic nitrogens is 2. The first-order valence-corrected chi connectivity index (χ1v) is 8.35. The standard InChI is InChI=1S/C18H17N3O3S/c1-11-16(17(22)21-13-5-4-8-19-10-13)25-18(20-11)12-6-7-14(23-2)15(9-12)24-3/h4-10H,1-3H3,(H,21,22). The number of ether oxygens (including phenoxy) is 2. The summed E-state index contributed by atoms with van der Waals surface area (Å²) in [5.74, 6) is 1.07. The fourth-order valence-electron chi connectivity index (χ4n) is 2.32. The van der Waals surface area contributed by atoms with E-state index in [-0.39, 0.29) is 5.91 Å². The van der Waals surface area contributed by atoms with Crippen molar-refractivity contribution in [1.29, 1.82) is 0 Å². The molecule has 3 aromatic rings. The van der Waals surface area contributed by atoms with Gasteiger partial charge >= 0.3 is 0 Å². The second-order valence-corrected chi connectivity index (χ2v) is 6.20. The maximum atomic E-state index is 12.5. The Kier molecular flexibility index (Phi) is 4.95. The van der Waals surface area contributed by atoms with Crippen LogP contribution in [0.1, 0.15) is 15.4 Å². The van der Waals surface area contributed by atoms with Crippen LogP contribution in [0.5, 0.6) is 11.5 Å². The van der Waals surface area contributed by atoms with Crippen LogP contribution in [0.25, 0.3) is 10.6 Å². The Hall–Kier alpha value is -2.93. The van der Waals surface area contributed by atoms with Gasteiger partial charge in [0.05, 0.1) is 31.8 Å². The SMILES string of the molecule is COc1ccc(-c2nc(C)c(C(=O)Nc3cccnc3)s2)cc1OC. The highest BCUT2D eigenvalue weighted by molar-refractivity contribution is 7.17. The zero-order valence-corrected chi connectivity index (χ0v) is 14.9. The van der Waals surface area contributed by atoms with Crippen LogP contribution < -0.4 is 14.8 Å². The van der Waals surface area contributed by atoms with Crippen molar-refractivity contribution >= 4 is 22.9 Å². The van der Waals surface area contributed by atoms with E-state index in [1.165, 1.54) is 11.3 Å². The van der Waals surface area contributed by atoms with E-state index in [0.29, 0.717) is 27.8 Å². The fraction of sp³-hybridized carbons (Fsp3) is 0.167. The quantitative estimate of drug-likeness (QED) is 0.754. The first kappa shape index (κ1) is 16.9. The van der Waals surface area contributed by atoms with Gasteiger partial charge in [-0.05, 0) is 37.3 Å². The van der Waals surface area contributed by atoms with Crippen molar-refractivity contribution in [3.05, 3.63) is 53.3 Å². The van der Waals surface area contributed by atoms with Crippen molar-refractivity contribution in [2.45, 2.75) is 6.92 Å². The van der Waals surface area contributed by atoms with Gasteiger partial charge in [-0.15, -0.1) is 11.3 Å². The third-order valence-electron chi connectivity index (χ3n) is 3.55. The van der Waals surface area contributed by atoms with Gasteiger partial charge in [0, 0.05) is 11.8 Å². The van der Waals surface area contributed by atoms with Gasteiger partial charge < -0.3 is 14.8 Å². The molecule has 2 heterocycles. The molecular weight excluding hydrogens is 338 g/mol. The second-order valence-electron chi connectivity index (χ2n) is 5.20. The maximum absolute atomic E-state index is 12.5. The minimum absolute atomic E-state index is 0.199. The molecule has 0 atom stereocenters. The van der Waals surface area contributed by atoms with E-state index < -0.39 is 0 Å². The van der Waals surface area contributed by atoms with Gasteiger partial charge in [-0.3, -0.25) is 9.78 Å². The molecule has 1 amide bonds. The van der Waals surface area contributed by atoms with Crippen LogP contribution in [0.3, 0.4) is 0 Å². The summed E-state index contributed by atoms with van der Waals surface area (Å²) in [6.45, 7) is 1.82. The molecule has 6 nitrogen and oxygen atoms in total. The molecule has 2 aromatic heterocycles. The lowest BCUT2D eigenvalue weighted by Crippen LogP contribution is -2.11. The zero-order chi connectivity index (χ0) is 17.8. The molecule has 0 saturated carbocycles. The molecule has 1 aromatic carbocycles. The highest BCUT2D eigenvalue weighted by Crippen LogP contribution is 2.35. The minimum atomic E-state index is -0.199. The normalized spacial score (nSPS) is 10.4. The van der Waals surface area contributed by atoms with Crippen LogP contribution in [0.4, 0.5) is 5.69 Å². The molecule has 0 spiro atoms. The molecular formula is C18H17N3O3S. The predicted molar refractivity (Wildman–Crippen MR) is 97.6 cm³/mol. The maximum Gasteiger partial charge on any atom is 0.267 e. The lowest BCUT2D eigenvalue weighted by atomic mass is 10.2. The summed E-state index contributed by atoms with van der Waals surface area (Å²) in [6, 6.07) is 9.11. The number of methoxy groups -OCH3 is 2. The number of hydrogen-bond donors (Lipinski definition) is 1. The Morgan fingerprint density at radius 2 is 1.96 bits per heavy atom. The molecule has 0 aliphatic carbocycles. The predicted octanol–water partition coefficient (Wildman–Crippen LogP) is 3.78. The third kappa shape index (κ3) is 3.61. The number of nitrogens with one attached hydrogen (secondary N) is 1.